The van der Waals surface area contributed by atoms with Crippen LogP contribution < -0.4 is 5.32 Å². The van der Waals surface area contributed by atoms with Gasteiger partial charge >= 0.3 is 0 Å². The van der Waals surface area contributed by atoms with Gasteiger partial charge in [0.25, 0.3) is 0 Å². The molecular formula is C20H20N4S. The lowest BCUT2D eigenvalue weighted by molar-refractivity contribution is 0.462. The van der Waals surface area contributed by atoms with Crippen LogP contribution in [0.3, 0.4) is 0 Å². The van der Waals surface area contributed by atoms with Crippen molar-refractivity contribution in [2.45, 2.75) is 38.1 Å². The van der Waals surface area contributed by atoms with E-state index in [-0.39, 0.29) is 0 Å². The molecule has 0 spiro atoms. The quantitative estimate of drug-likeness (QED) is 0.542. The monoisotopic (exact) mass is 348 g/mol. The highest BCUT2D eigenvalue weighted by molar-refractivity contribution is 7.20. The summed E-state index contributed by atoms with van der Waals surface area (Å²) in [6, 6.07) is 15.5. The Hall–Kier alpha value is -2.40. The normalized spacial score (nSPS) is 15.8. The van der Waals surface area contributed by atoms with Crippen molar-refractivity contribution in [2.24, 2.45) is 0 Å². The summed E-state index contributed by atoms with van der Waals surface area (Å²) >= 11 is 1.64. The summed E-state index contributed by atoms with van der Waals surface area (Å²) in [5.74, 6) is 0. The molecule has 1 saturated carbocycles. The van der Waals surface area contributed by atoms with E-state index in [2.05, 4.69) is 52.9 Å². The molecule has 1 fully saturated rings. The van der Waals surface area contributed by atoms with E-state index < -0.39 is 0 Å². The highest BCUT2D eigenvalue weighted by Gasteiger charge is 2.16. The van der Waals surface area contributed by atoms with Crippen LogP contribution in [0.2, 0.25) is 0 Å². The van der Waals surface area contributed by atoms with Crippen LogP contribution >= 0.6 is 11.3 Å². The molecule has 0 aliphatic heterocycles. The van der Waals surface area contributed by atoms with Gasteiger partial charge in [0, 0.05) is 11.6 Å². The van der Waals surface area contributed by atoms with Gasteiger partial charge in [0.15, 0.2) is 0 Å². The molecule has 5 heteroatoms. The highest BCUT2D eigenvalue weighted by Crippen LogP contribution is 2.28. The second-order valence-electron chi connectivity index (χ2n) is 6.80. The number of hydrogen-bond acceptors (Lipinski definition) is 4. The van der Waals surface area contributed by atoms with Crippen LogP contribution in [0.25, 0.3) is 27.0 Å². The predicted molar refractivity (Wildman–Crippen MR) is 104 cm³/mol. The molecule has 0 atom stereocenters. The minimum absolute atomic E-state index is 0.574. The second kappa shape index (κ2) is 6.15. The maximum Gasteiger partial charge on any atom is 0.214 e. The van der Waals surface area contributed by atoms with Crippen molar-refractivity contribution >= 4 is 32.2 Å². The van der Waals surface area contributed by atoms with Gasteiger partial charge < -0.3 is 5.32 Å². The SMILES string of the molecule is c1ccc2cc(-c3cn4nc(NC5CCCCC5)sc4n3)ccc2c1. The fourth-order valence-corrected chi connectivity index (χ4v) is 4.53. The highest BCUT2D eigenvalue weighted by atomic mass is 32.1. The topological polar surface area (TPSA) is 42.2 Å². The summed E-state index contributed by atoms with van der Waals surface area (Å²) in [5.41, 5.74) is 2.12. The molecule has 4 aromatic rings. The van der Waals surface area contributed by atoms with Gasteiger partial charge in [-0.15, -0.1) is 5.10 Å². The van der Waals surface area contributed by atoms with Gasteiger partial charge in [-0.25, -0.2) is 9.50 Å². The molecule has 4 nitrogen and oxygen atoms in total. The minimum atomic E-state index is 0.574. The number of anilines is 1. The Morgan fingerprint density at radius 2 is 1.84 bits per heavy atom. The maximum atomic E-state index is 4.78. The van der Waals surface area contributed by atoms with E-state index in [1.165, 1.54) is 42.9 Å². The van der Waals surface area contributed by atoms with Crippen LogP contribution in [0.5, 0.6) is 0 Å². The van der Waals surface area contributed by atoms with Crippen LogP contribution in [0.15, 0.2) is 48.7 Å². The number of benzene rings is 2. The Morgan fingerprint density at radius 1 is 1.00 bits per heavy atom. The molecule has 126 valence electrons. The molecular weight excluding hydrogens is 328 g/mol. The van der Waals surface area contributed by atoms with Crippen molar-refractivity contribution in [1.82, 2.24) is 14.6 Å². The number of aromatic nitrogens is 3. The third-order valence-electron chi connectivity index (χ3n) is 5.02. The molecule has 0 saturated heterocycles. The average molecular weight is 348 g/mol. The molecule has 1 aliphatic rings. The van der Waals surface area contributed by atoms with Crippen LogP contribution in [0.1, 0.15) is 32.1 Å². The van der Waals surface area contributed by atoms with Gasteiger partial charge in [0.05, 0.1) is 11.9 Å². The summed E-state index contributed by atoms with van der Waals surface area (Å²) in [6.45, 7) is 0. The lowest BCUT2D eigenvalue weighted by Crippen LogP contribution is -2.22. The van der Waals surface area contributed by atoms with E-state index in [4.69, 9.17) is 4.98 Å². The van der Waals surface area contributed by atoms with Gasteiger partial charge in [-0.2, -0.15) is 0 Å². The third-order valence-corrected chi connectivity index (χ3v) is 5.87. The summed E-state index contributed by atoms with van der Waals surface area (Å²) in [7, 11) is 0. The molecule has 0 amide bonds. The summed E-state index contributed by atoms with van der Waals surface area (Å²) in [4.78, 5) is 5.73. The van der Waals surface area contributed by atoms with E-state index in [1.54, 1.807) is 11.3 Å². The Balaban J connectivity index is 1.43. The molecule has 2 heterocycles. The Kier molecular flexibility index (Phi) is 3.67. The van der Waals surface area contributed by atoms with E-state index >= 15 is 0 Å². The zero-order valence-corrected chi connectivity index (χ0v) is 14.8. The zero-order chi connectivity index (χ0) is 16.6. The third kappa shape index (κ3) is 2.89. The van der Waals surface area contributed by atoms with Crippen molar-refractivity contribution in [3.8, 4) is 11.3 Å². The first-order valence-electron chi connectivity index (χ1n) is 8.97. The standard InChI is InChI=1S/C20H20N4S/c1-2-8-17(9-3-1)21-19-23-24-13-18(22-20(24)25-19)16-11-10-14-6-4-5-7-15(14)12-16/h4-7,10-13,17H,1-3,8-9H2,(H,21,23). The lowest BCUT2D eigenvalue weighted by Gasteiger charge is -2.21. The number of nitrogens with zero attached hydrogens (tertiary/aromatic N) is 3. The summed E-state index contributed by atoms with van der Waals surface area (Å²) in [5, 5.41) is 11.7. The van der Waals surface area contributed by atoms with Crippen LogP contribution in [-0.2, 0) is 0 Å². The summed E-state index contributed by atoms with van der Waals surface area (Å²) < 4.78 is 1.90. The van der Waals surface area contributed by atoms with Crippen molar-refractivity contribution < 1.29 is 0 Å². The minimum Gasteiger partial charge on any atom is -0.357 e. The van der Waals surface area contributed by atoms with E-state index in [1.807, 2.05) is 10.7 Å². The Morgan fingerprint density at radius 3 is 2.68 bits per heavy atom. The Bertz CT molecular complexity index is 995. The van der Waals surface area contributed by atoms with Crippen LogP contribution in [0, 0.1) is 0 Å². The molecule has 0 bridgehead atoms. The largest absolute Gasteiger partial charge is 0.357 e. The average Bonchev–Trinajstić information content (AvgIpc) is 3.21. The number of fused-ring (bicyclic) bond motifs is 2. The van der Waals surface area contributed by atoms with Crippen LogP contribution in [0.4, 0.5) is 5.13 Å². The van der Waals surface area contributed by atoms with Crippen molar-refractivity contribution in [3.05, 3.63) is 48.7 Å². The van der Waals surface area contributed by atoms with Gasteiger partial charge in [-0.1, -0.05) is 67.0 Å². The van der Waals surface area contributed by atoms with Crippen molar-refractivity contribution in [1.29, 1.82) is 0 Å². The molecule has 1 N–H and O–H groups in total. The first kappa shape index (κ1) is 14.9. The maximum absolute atomic E-state index is 4.78. The summed E-state index contributed by atoms with van der Waals surface area (Å²) in [6.07, 6.45) is 8.56. The van der Waals surface area contributed by atoms with Gasteiger partial charge in [-0.3, -0.25) is 0 Å². The molecule has 0 radical (unpaired) electrons. The van der Waals surface area contributed by atoms with Gasteiger partial charge in [0.1, 0.15) is 0 Å². The second-order valence-corrected chi connectivity index (χ2v) is 7.76. The molecule has 2 aromatic heterocycles. The Labute approximate surface area is 150 Å². The molecule has 5 rings (SSSR count). The van der Waals surface area contributed by atoms with Crippen LogP contribution in [-0.4, -0.2) is 20.6 Å². The first-order chi connectivity index (χ1) is 12.3. The smallest absolute Gasteiger partial charge is 0.214 e. The van der Waals surface area contributed by atoms with E-state index in [0.29, 0.717) is 6.04 Å². The van der Waals surface area contributed by atoms with E-state index in [0.717, 1.165) is 21.3 Å². The fraction of sp³-hybridized carbons (Fsp3) is 0.300. The first-order valence-corrected chi connectivity index (χ1v) is 9.79. The number of imidazole rings is 1. The molecule has 25 heavy (non-hydrogen) atoms. The molecule has 1 aliphatic carbocycles. The molecule has 2 aromatic carbocycles. The van der Waals surface area contributed by atoms with E-state index in [9.17, 15) is 0 Å². The van der Waals surface area contributed by atoms with Crippen molar-refractivity contribution in [3.63, 3.8) is 0 Å². The zero-order valence-electron chi connectivity index (χ0n) is 14.0. The molecule has 0 unspecified atom stereocenters. The van der Waals surface area contributed by atoms with Crippen molar-refractivity contribution in [2.75, 3.05) is 5.32 Å². The fourth-order valence-electron chi connectivity index (χ4n) is 3.67. The number of rotatable bonds is 3. The van der Waals surface area contributed by atoms with Gasteiger partial charge in [0.2, 0.25) is 10.1 Å². The predicted octanol–water partition coefficient (Wildman–Crippen LogP) is 5.36. The number of hydrogen-bond donors (Lipinski definition) is 1. The number of nitrogens with one attached hydrogen (secondary N) is 1. The van der Waals surface area contributed by atoms with Gasteiger partial charge in [-0.05, 0) is 29.7 Å². The lowest BCUT2D eigenvalue weighted by atomic mass is 9.96.